The van der Waals surface area contributed by atoms with Crippen molar-refractivity contribution in [3.8, 4) is 17.1 Å². The lowest BCUT2D eigenvalue weighted by molar-refractivity contribution is -0.116. The predicted molar refractivity (Wildman–Crippen MR) is 117 cm³/mol. The number of fused-ring (bicyclic) bond motifs is 1. The number of carbonyl (C=O) groups is 1. The Bertz CT molecular complexity index is 1270. The van der Waals surface area contributed by atoms with E-state index in [1.807, 2.05) is 25.1 Å². The molecule has 0 aliphatic carbocycles. The second-order valence-electron chi connectivity index (χ2n) is 7.24. The van der Waals surface area contributed by atoms with E-state index in [0.29, 0.717) is 36.4 Å². The second kappa shape index (κ2) is 8.83. The molecule has 0 bridgehead atoms. The van der Waals surface area contributed by atoms with E-state index in [2.05, 4.69) is 20.4 Å². The smallest absolute Gasteiger partial charge is 0.259 e. The predicted octanol–water partition coefficient (Wildman–Crippen LogP) is 3.86. The Morgan fingerprint density at radius 3 is 2.74 bits per heavy atom. The van der Waals surface area contributed by atoms with Crippen LogP contribution >= 0.6 is 0 Å². The molecule has 2 aromatic heterocycles. The number of pyridine rings is 1. The van der Waals surface area contributed by atoms with Crippen LogP contribution in [-0.4, -0.2) is 28.1 Å². The SMILES string of the molecule is COc1ccc(NC(=O)CCCc2nc(-c3cc4ccc(C)cc4[nH]c3=O)no2)cc1. The molecule has 0 fully saturated rings. The molecule has 31 heavy (non-hydrogen) atoms. The van der Waals surface area contributed by atoms with E-state index < -0.39 is 0 Å². The maximum absolute atomic E-state index is 12.4. The first-order chi connectivity index (χ1) is 15.0. The van der Waals surface area contributed by atoms with Gasteiger partial charge in [0, 0.05) is 24.0 Å². The van der Waals surface area contributed by atoms with Crippen molar-refractivity contribution in [2.45, 2.75) is 26.2 Å². The van der Waals surface area contributed by atoms with Gasteiger partial charge >= 0.3 is 0 Å². The van der Waals surface area contributed by atoms with Crippen molar-refractivity contribution in [3.63, 3.8) is 0 Å². The largest absolute Gasteiger partial charge is 0.497 e. The van der Waals surface area contributed by atoms with Gasteiger partial charge in [0.15, 0.2) is 0 Å². The maximum atomic E-state index is 12.4. The summed E-state index contributed by atoms with van der Waals surface area (Å²) in [5.41, 5.74) is 2.61. The molecule has 4 rings (SSSR count). The minimum atomic E-state index is -0.274. The number of benzene rings is 2. The highest BCUT2D eigenvalue weighted by atomic mass is 16.5. The zero-order valence-electron chi connectivity index (χ0n) is 17.3. The highest BCUT2D eigenvalue weighted by molar-refractivity contribution is 5.90. The van der Waals surface area contributed by atoms with Crippen LogP contribution in [0.25, 0.3) is 22.3 Å². The van der Waals surface area contributed by atoms with Crippen LogP contribution in [0.4, 0.5) is 5.69 Å². The van der Waals surface area contributed by atoms with Crippen LogP contribution in [0.5, 0.6) is 5.75 Å². The molecule has 158 valence electrons. The van der Waals surface area contributed by atoms with Gasteiger partial charge in [-0.25, -0.2) is 0 Å². The van der Waals surface area contributed by atoms with E-state index >= 15 is 0 Å². The lowest BCUT2D eigenvalue weighted by Gasteiger charge is -2.05. The molecule has 0 aliphatic heterocycles. The Balaban J connectivity index is 1.36. The zero-order valence-corrected chi connectivity index (χ0v) is 17.3. The van der Waals surface area contributed by atoms with Crippen molar-refractivity contribution in [3.05, 3.63) is 70.3 Å². The molecule has 0 spiro atoms. The van der Waals surface area contributed by atoms with E-state index in [4.69, 9.17) is 9.26 Å². The van der Waals surface area contributed by atoms with Gasteiger partial charge in [0.05, 0.1) is 12.7 Å². The molecule has 0 saturated heterocycles. The van der Waals surface area contributed by atoms with Gasteiger partial charge in [-0.1, -0.05) is 17.3 Å². The minimum Gasteiger partial charge on any atom is -0.497 e. The molecule has 2 heterocycles. The number of aromatic amines is 1. The maximum Gasteiger partial charge on any atom is 0.259 e. The summed E-state index contributed by atoms with van der Waals surface area (Å²) in [5, 5.41) is 7.66. The lowest BCUT2D eigenvalue weighted by Crippen LogP contribution is -2.11. The summed E-state index contributed by atoms with van der Waals surface area (Å²) in [6.07, 6.45) is 1.28. The van der Waals surface area contributed by atoms with Crippen LogP contribution < -0.4 is 15.6 Å². The minimum absolute atomic E-state index is 0.105. The van der Waals surface area contributed by atoms with Gasteiger partial charge in [0.1, 0.15) is 5.75 Å². The average molecular weight is 418 g/mol. The highest BCUT2D eigenvalue weighted by Crippen LogP contribution is 2.19. The topological polar surface area (TPSA) is 110 Å². The van der Waals surface area contributed by atoms with Crippen LogP contribution in [0.3, 0.4) is 0 Å². The first-order valence-electron chi connectivity index (χ1n) is 9.92. The number of hydrogen-bond donors (Lipinski definition) is 2. The van der Waals surface area contributed by atoms with Crippen molar-refractivity contribution in [1.82, 2.24) is 15.1 Å². The number of hydrogen-bond acceptors (Lipinski definition) is 6. The summed E-state index contributed by atoms with van der Waals surface area (Å²) >= 11 is 0. The molecular formula is C23H22N4O4. The summed E-state index contributed by atoms with van der Waals surface area (Å²) in [7, 11) is 1.59. The van der Waals surface area contributed by atoms with Crippen LogP contribution in [0.2, 0.25) is 0 Å². The van der Waals surface area contributed by atoms with Crippen molar-refractivity contribution in [2.24, 2.45) is 0 Å². The summed E-state index contributed by atoms with van der Waals surface area (Å²) in [5.74, 6) is 1.24. The van der Waals surface area contributed by atoms with Crippen LogP contribution in [0.15, 0.2) is 57.8 Å². The van der Waals surface area contributed by atoms with E-state index in [1.54, 1.807) is 37.4 Å². The van der Waals surface area contributed by atoms with E-state index in [1.165, 1.54) is 0 Å². The van der Waals surface area contributed by atoms with Crippen molar-refractivity contribution in [2.75, 3.05) is 12.4 Å². The van der Waals surface area contributed by atoms with E-state index in [9.17, 15) is 9.59 Å². The molecule has 0 unspecified atom stereocenters. The standard InChI is InChI=1S/C23H22N4O4/c1-14-6-7-15-13-18(23(29)25-19(15)12-14)22-26-21(31-27-22)5-3-4-20(28)24-16-8-10-17(30-2)11-9-16/h6-13H,3-5H2,1-2H3,(H,24,28)(H,25,29). The van der Waals surface area contributed by atoms with Gasteiger partial charge in [-0.3, -0.25) is 9.59 Å². The monoisotopic (exact) mass is 418 g/mol. The number of rotatable bonds is 7. The summed E-state index contributed by atoms with van der Waals surface area (Å²) < 4.78 is 10.4. The third kappa shape index (κ3) is 4.80. The lowest BCUT2D eigenvalue weighted by atomic mass is 10.1. The molecule has 0 saturated carbocycles. The van der Waals surface area contributed by atoms with Crippen LogP contribution in [0, 0.1) is 6.92 Å². The van der Waals surface area contributed by atoms with E-state index in [0.717, 1.165) is 22.2 Å². The Kier molecular flexibility index (Phi) is 5.79. The Hall–Kier alpha value is -3.94. The number of aromatic nitrogens is 3. The number of amides is 1. The number of methoxy groups -OCH3 is 1. The van der Waals surface area contributed by atoms with Gasteiger partial charge in [-0.2, -0.15) is 4.98 Å². The van der Waals surface area contributed by atoms with Gasteiger partial charge in [0.25, 0.3) is 5.56 Å². The molecule has 8 nitrogen and oxygen atoms in total. The number of ether oxygens (including phenoxy) is 1. The second-order valence-corrected chi connectivity index (χ2v) is 7.24. The quantitative estimate of drug-likeness (QED) is 0.472. The van der Waals surface area contributed by atoms with Crippen LogP contribution in [0.1, 0.15) is 24.3 Å². The number of nitrogens with zero attached hydrogens (tertiary/aromatic N) is 2. The fraction of sp³-hybridized carbons (Fsp3) is 0.217. The summed E-state index contributed by atoms with van der Waals surface area (Å²) in [6, 6.07) is 14.7. The summed E-state index contributed by atoms with van der Waals surface area (Å²) in [6.45, 7) is 1.97. The Morgan fingerprint density at radius 1 is 1.16 bits per heavy atom. The fourth-order valence-electron chi connectivity index (χ4n) is 3.24. The number of H-pyrrole nitrogens is 1. The number of anilines is 1. The van der Waals surface area contributed by atoms with Gasteiger partial charge in [0.2, 0.25) is 17.6 Å². The Morgan fingerprint density at radius 2 is 1.97 bits per heavy atom. The van der Waals surface area contributed by atoms with Crippen LogP contribution in [-0.2, 0) is 11.2 Å². The summed E-state index contributed by atoms with van der Waals surface area (Å²) in [4.78, 5) is 31.7. The first kappa shape index (κ1) is 20.3. The highest BCUT2D eigenvalue weighted by Gasteiger charge is 2.14. The molecule has 1 amide bonds. The third-order valence-electron chi connectivity index (χ3n) is 4.88. The number of nitrogens with one attached hydrogen (secondary N) is 2. The molecule has 0 atom stereocenters. The average Bonchev–Trinajstić information content (AvgIpc) is 3.22. The van der Waals surface area contributed by atoms with E-state index in [-0.39, 0.29) is 17.3 Å². The van der Waals surface area contributed by atoms with Crippen molar-refractivity contribution < 1.29 is 14.1 Å². The normalized spacial score (nSPS) is 10.9. The molecule has 0 aliphatic rings. The molecule has 2 aromatic carbocycles. The van der Waals surface area contributed by atoms with Gasteiger partial charge < -0.3 is 19.6 Å². The van der Waals surface area contributed by atoms with Gasteiger partial charge in [-0.15, -0.1) is 0 Å². The zero-order chi connectivity index (χ0) is 21.8. The van der Waals surface area contributed by atoms with Gasteiger partial charge in [-0.05, 0) is 60.7 Å². The fourth-order valence-corrected chi connectivity index (χ4v) is 3.24. The Labute approximate surface area is 178 Å². The van der Waals surface area contributed by atoms with Crippen molar-refractivity contribution >= 4 is 22.5 Å². The number of aryl methyl sites for hydroxylation is 2. The molecule has 2 N–H and O–H groups in total. The molecular weight excluding hydrogens is 396 g/mol. The molecule has 0 radical (unpaired) electrons. The molecule has 4 aromatic rings. The first-order valence-corrected chi connectivity index (χ1v) is 9.92. The molecule has 8 heteroatoms. The van der Waals surface area contributed by atoms with Crippen molar-refractivity contribution in [1.29, 1.82) is 0 Å². The number of carbonyl (C=O) groups excluding carboxylic acids is 1. The third-order valence-corrected chi connectivity index (χ3v) is 4.88.